The number of nitrogens with zero attached hydrogens (tertiary/aromatic N) is 3. The van der Waals surface area contributed by atoms with Gasteiger partial charge in [-0.25, -0.2) is 0 Å². The molecule has 0 saturated carbocycles. The van der Waals surface area contributed by atoms with Gasteiger partial charge in [-0.05, 0) is 43.3 Å². The smallest absolute Gasteiger partial charge is 0.234 e. The van der Waals surface area contributed by atoms with Crippen molar-refractivity contribution in [3.05, 3.63) is 54.6 Å². The lowest BCUT2D eigenvalue weighted by Gasteiger charge is -2.08. The Hall–Kier alpha value is -3.00. The summed E-state index contributed by atoms with van der Waals surface area (Å²) in [4.78, 5) is 12.2. The SMILES string of the molecule is CCOc1ccc(NC(=O)CSc2nnc(N)n2-c2ccccc2)cc1. The third-order valence-corrected chi connectivity index (χ3v) is 4.38. The summed E-state index contributed by atoms with van der Waals surface area (Å²) in [7, 11) is 0. The molecule has 0 fully saturated rings. The van der Waals surface area contributed by atoms with E-state index in [4.69, 9.17) is 10.5 Å². The van der Waals surface area contributed by atoms with Crippen LogP contribution in [0.15, 0.2) is 59.8 Å². The number of hydrogen-bond donors (Lipinski definition) is 2. The molecule has 1 amide bonds. The van der Waals surface area contributed by atoms with E-state index in [0.29, 0.717) is 17.5 Å². The molecular weight excluding hydrogens is 350 g/mol. The van der Waals surface area contributed by atoms with Gasteiger partial charge in [0.1, 0.15) is 5.75 Å². The van der Waals surface area contributed by atoms with E-state index in [1.807, 2.05) is 49.4 Å². The van der Waals surface area contributed by atoms with Gasteiger partial charge in [-0.15, -0.1) is 10.2 Å². The van der Waals surface area contributed by atoms with Gasteiger partial charge >= 0.3 is 0 Å². The maximum absolute atomic E-state index is 12.2. The predicted octanol–water partition coefficient (Wildman–Crippen LogP) is 2.98. The summed E-state index contributed by atoms with van der Waals surface area (Å²) in [6.45, 7) is 2.53. The Labute approximate surface area is 155 Å². The average molecular weight is 369 g/mol. The maximum Gasteiger partial charge on any atom is 0.234 e. The molecular formula is C18H19N5O2S. The van der Waals surface area contributed by atoms with Crippen molar-refractivity contribution in [1.29, 1.82) is 0 Å². The number of rotatable bonds is 7. The van der Waals surface area contributed by atoms with E-state index in [1.165, 1.54) is 11.8 Å². The second-order valence-corrected chi connectivity index (χ2v) is 6.25. The first kappa shape index (κ1) is 17.8. The Kier molecular flexibility index (Phi) is 5.75. The predicted molar refractivity (Wildman–Crippen MR) is 103 cm³/mol. The lowest BCUT2D eigenvalue weighted by atomic mass is 10.3. The van der Waals surface area contributed by atoms with Crippen molar-refractivity contribution in [2.45, 2.75) is 12.1 Å². The molecule has 0 aliphatic carbocycles. The van der Waals surface area contributed by atoms with Crippen LogP contribution in [0.2, 0.25) is 0 Å². The number of amides is 1. The van der Waals surface area contributed by atoms with Crippen molar-refractivity contribution in [1.82, 2.24) is 14.8 Å². The summed E-state index contributed by atoms with van der Waals surface area (Å²) < 4.78 is 7.10. The molecule has 2 aromatic carbocycles. The lowest BCUT2D eigenvalue weighted by Crippen LogP contribution is -2.14. The Morgan fingerprint density at radius 2 is 1.88 bits per heavy atom. The Morgan fingerprint density at radius 3 is 2.58 bits per heavy atom. The minimum Gasteiger partial charge on any atom is -0.494 e. The number of hydrogen-bond acceptors (Lipinski definition) is 6. The highest BCUT2D eigenvalue weighted by Crippen LogP contribution is 2.23. The van der Waals surface area contributed by atoms with Gasteiger partial charge in [0, 0.05) is 5.69 Å². The quantitative estimate of drug-likeness (QED) is 0.622. The van der Waals surface area contributed by atoms with Gasteiger partial charge in [0.25, 0.3) is 0 Å². The van der Waals surface area contributed by atoms with Crippen LogP contribution in [0.4, 0.5) is 11.6 Å². The molecule has 3 N–H and O–H groups in total. The highest BCUT2D eigenvalue weighted by atomic mass is 32.2. The van der Waals surface area contributed by atoms with Crippen LogP contribution in [0, 0.1) is 0 Å². The van der Waals surface area contributed by atoms with Crippen molar-refractivity contribution in [3.8, 4) is 11.4 Å². The molecule has 1 heterocycles. The Balaban J connectivity index is 1.62. The largest absolute Gasteiger partial charge is 0.494 e. The van der Waals surface area contributed by atoms with Gasteiger partial charge in [0.15, 0.2) is 5.16 Å². The summed E-state index contributed by atoms with van der Waals surface area (Å²) >= 11 is 1.27. The number of nitrogens with two attached hydrogens (primary N) is 1. The fourth-order valence-corrected chi connectivity index (χ4v) is 3.08. The molecule has 0 radical (unpaired) electrons. The summed E-state index contributed by atoms with van der Waals surface area (Å²) in [6.07, 6.45) is 0. The molecule has 134 valence electrons. The molecule has 0 aliphatic heterocycles. The van der Waals surface area contributed by atoms with E-state index >= 15 is 0 Å². The van der Waals surface area contributed by atoms with E-state index in [1.54, 1.807) is 16.7 Å². The minimum atomic E-state index is -0.139. The van der Waals surface area contributed by atoms with Crippen LogP contribution < -0.4 is 15.8 Å². The van der Waals surface area contributed by atoms with Crippen molar-refractivity contribution in [3.63, 3.8) is 0 Å². The number of ether oxygens (including phenoxy) is 1. The second kappa shape index (κ2) is 8.39. The molecule has 0 saturated heterocycles. The third kappa shape index (κ3) is 4.34. The molecule has 8 heteroatoms. The zero-order valence-electron chi connectivity index (χ0n) is 14.3. The number of nitrogen functional groups attached to an aromatic ring is 1. The summed E-state index contributed by atoms with van der Waals surface area (Å²) in [6, 6.07) is 16.8. The zero-order valence-corrected chi connectivity index (χ0v) is 15.1. The van der Waals surface area contributed by atoms with Gasteiger partial charge in [-0.1, -0.05) is 30.0 Å². The van der Waals surface area contributed by atoms with Crippen molar-refractivity contribution >= 4 is 29.3 Å². The fraction of sp³-hybridized carbons (Fsp3) is 0.167. The van der Waals surface area contributed by atoms with E-state index in [2.05, 4.69) is 15.5 Å². The zero-order chi connectivity index (χ0) is 18.4. The molecule has 26 heavy (non-hydrogen) atoms. The number of benzene rings is 2. The lowest BCUT2D eigenvalue weighted by molar-refractivity contribution is -0.113. The Bertz CT molecular complexity index is 865. The van der Waals surface area contributed by atoms with Gasteiger partial charge in [0.05, 0.1) is 18.0 Å². The molecule has 0 atom stereocenters. The summed E-state index contributed by atoms with van der Waals surface area (Å²) in [5, 5.41) is 11.4. The number of carbonyl (C=O) groups excluding carboxylic acids is 1. The molecule has 0 aliphatic rings. The standard InChI is InChI=1S/C18H19N5O2S/c1-2-25-15-10-8-13(9-11-15)20-16(24)12-26-18-22-21-17(19)23(18)14-6-4-3-5-7-14/h3-11H,2,12H2,1H3,(H2,19,21)(H,20,24). The number of aromatic nitrogens is 3. The normalized spacial score (nSPS) is 10.5. The van der Waals surface area contributed by atoms with E-state index in [9.17, 15) is 4.79 Å². The first-order valence-corrected chi connectivity index (χ1v) is 9.07. The summed E-state index contributed by atoms with van der Waals surface area (Å²) in [5.74, 6) is 1.11. The van der Waals surface area contributed by atoms with Crippen molar-refractivity contribution < 1.29 is 9.53 Å². The van der Waals surface area contributed by atoms with E-state index in [-0.39, 0.29) is 17.6 Å². The highest BCUT2D eigenvalue weighted by molar-refractivity contribution is 7.99. The van der Waals surface area contributed by atoms with Crippen LogP contribution in [0.1, 0.15) is 6.92 Å². The third-order valence-electron chi connectivity index (χ3n) is 3.45. The van der Waals surface area contributed by atoms with Crippen LogP contribution in [0.25, 0.3) is 5.69 Å². The van der Waals surface area contributed by atoms with Gasteiger partial charge in [-0.2, -0.15) is 0 Å². The van der Waals surface area contributed by atoms with Crippen molar-refractivity contribution in [2.24, 2.45) is 0 Å². The first-order valence-electron chi connectivity index (χ1n) is 8.09. The number of nitrogens with one attached hydrogen (secondary N) is 1. The average Bonchev–Trinajstić information content (AvgIpc) is 3.03. The molecule has 0 unspecified atom stereocenters. The molecule has 3 aromatic rings. The monoisotopic (exact) mass is 369 g/mol. The molecule has 3 rings (SSSR count). The topological polar surface area (TPSA) is 95.1 Å². The highest BCUT2D eigenvalue weighted by Gasteiger charge is 2.13. The van der Waals surface area contributed by atoms with E-state index < -0.39 is 0 Å². The summed E-state index contributed by atoms with van der Waals surface area (Å²) in [5.41, 5.74) is 7.47. The van der Waals surface area contributed by atoms with Crippen LogP contribution in [-0.2, 0) is 4.79 Å². The molecule has 7 nitrogen and oxygen atoms in total. The van der Waals surface area contributed by atoms with Crippen LogP contribution >= 0.6 is 11.8 Å². The minimum absolute atomic E-state index is 0.139. The second-order valence-electron chi connectivity index (χ2n) is 5.31. The Morgan fingerprint density at radius 1 is 1.15 bits per heavy atom. The van der Waals surface area contributed by atoms with E-state index in [0.717, 1.165) is 11.4 Å². The van der Waals surface area contributed by atoms with Crippen LogP contribution in [-0.4, -0.2) is 33.0 Å². The van der Waals surface area contributed by atoms with Crippen molar-refractivity contribution in [2.75, 3.05) is 23.4 Å². The van der Waals surface area contributed by atoms with Gasteiger partial charge in [-0.3, -0.25) is 9.36 Å². The first-order chi connectivity index (χ1) is 12.7. The molecule has 0 spiro atoms. The molecule has 1 aromatic heterocycles. The van der Waals surface area contributed by atoms with Gasteiger partial charge in [0.2, 0.25) is 11.9 Å². The number of para-hydroxylation sites is 1. The number of carbonyl (C=O) groups is 1. The maximum atomic E-state index is 12.2. The fourth-order valence-electron chi connectivity index (χ4n) is 2.32. The van der Waals surface area contributed by atoms with Gasteiger partial charge < -0.3 is 15.8 Å². The van der Waals surface area contributed by atoms with Crippen LogP contribution in [0.3, 0.4) is 0 Å². The molecule has 0 bridgehead atoms. The number of thioether (sulfide) groups is 1. The van der Waals surface area contributed by atoms with Crippen LogP contribution in [0.5, 0.6) is 5.75 Å². The number of anilines is 2.